The molecule has 0 aromatic heterocycles. The molecule has 4 heteroatoms. The zero-order chi connectivity index (χ0) is 13.8. The fraction of sp³-hybridized carbons (Fsp3) is 0.562. The van der Waals surface area contributed by atoms with Gasteiger partial charge in [0.25, 0.3) is 0 Å². The van der Waals surface area contributed by atoms with Gasteiger partial charge in [0.2, 0.25) is 5.91 Å². The minimum atomic E-state index is -0.182. The largest absolute Gasteiger partial charge is 0.353 e. The number of hydrogen-bond acceptors (Lipinski definition) is 3. The Morgan fingerprint density at radius 2 is 2.10 bits per heavy atom. The molecule has 4 nitrogen and oxygen atoms in total. The van der Waals surface area contributed by atoms with Crippen LogP contribution >= 0.6 is 0 Å². The molecular formula is C16H23N3O. The summed E-state index contributed by atoms with van der Waals surface area (Å²) < 4.78 is 0. The molecular weight excluding hydrogens is 250 g/mol. The first-order valence-electron chi connectivity index (χ1n) is 7.66. The summed E-state index contributed by atoms with van der Waals surface area (Å²) in [5.74, 6) is 0.108. The van der Waals surface area contributed by atoms with E-state index in [0.29, 0.717) is 0 Å². The van der Waals surface area contributed by atoms with E-state index in [9.17, 15) is 4.79 Å². The molecule has 108 valence electrons. The number of likely N-dealkylation sites (tertiary alicyclic amines) is 1. The zero-order valence-electron chi connectivity index (χ0n) is 11.9. The van der Waals surface area contributed by atoms with E-state index < -0.39 is 0 Å². The summed E-state index contributed by atoms with van der Waals surface area (Å²) in [6, 6.07) is 8.06. The van der Waals surface area contributed by atoms with Crippen molar-refractivity contribution in [3.8, 4) is 0 Å². The second-order valence-electron chi connectivity index (χ2n) is 5.68. The van der Waals surface area contributed by atoms with Gasteiger partial charge in [-0.15, -0.1) is 0 Å². The molecule has 1 atom stereocenters. The number of amides is 1. The van der Waals surface area contributed by atoms with Gasteiger partial charge < -0.3 is 15.5 Å². The van der Waals surface area contributed by atoms with Crippen LogP contribution in [0.15, 0.2) is 24.3 Å². The number of carbonyl (C=O) groups is 1. The SMILES string of the molecule is O=C(NCCN1CCCC1)C1NCCc2ccccc21. The van der Waals surface area contributed by atoms with Gasteiger partial charge in [0.15, 0.2) is 0 Å². The van der Waals surface area contributed by atoms with Crippen LogP contribution in [-0.2, 0) is 11.2 Å². The van der Waals surface area contributed by atoms with Gasteiger partial charge in [-0.25, -0.2) is 0 Å². The van der Waals surface area contributed by atoms with Crippen LogP contribution in [0.5, 0.6) is 0 Å². The smallest absolute Gasteiger partial charge is 0.241 e. The molecule has 0 bridgehead atoms. The van der Waals surface area contributed by atoms with E-state index in [4.69, 9.17) is 0 Å². The molecule has 1 fully saturated rings. The topological polar surface area (TPSA) is 44.4 Å². The molecule has 1 saturated heterocycles. The van der Waals surface area contributed by atoms with Crippen LogP contribution in [-0.4, -0.2) is 43.5 Å². The van der Waals surface area contributed by atoms with Gasteiger partial charge in [0.05, 0.1) is 0 Å². The first-order chi connectivity index (χ1) is 9.84. The average Bonchev–Trinajstić information content (AvgIpc) is 3.00. The fourth-order valence-corrected chi connectivity index (χ4v) is 3.18. The Morgan fingerprint density at radius 1 is 1.30 bits per heavy atom. The van der Waals surface area contributed by atoms with E-state index in [0.717, 1.165) is 31.6 Å². The van der Waals surface area contributed by atoms with Crippen LogP contribution in [0.3, 0.4) is 0 Å². The molecule has 2 N–H and O–H groups in total. The lowest BCUT2D eigenvalue weighted by Gasteiger charge is -2.26. The number of fused-ring (bicyclic) bond motifs is 1. The van der Waals surface area contributed by atoms with Crippen molar-refractivity contribution in [3.63, 3.8) is 0 Å². The Balaban J connectivity index is 1.55. The Kier molecular flexibility index (Phi) is 4.33. The average molecular weight is 273 g/mol. The number of hydrogen-bond donors (Lipinski definition) is 2. The third-order valence-electron chi connectivity index (χ3n) is 4.30. The monoisotopic (exact) mass is 273 g/mol. The third-order valence-corrected chi connectivity index (χ3v) is 4.30. The molecule has 0 aliphatic carbocycles. The van der Waals surface area contributed by atoms with Crippen molar-refractivity contribution in [1.82, 2.24) is 15.5 Å². The van der Waals surface area contributed by atoms with Gasteiger partial charge in [0, 0.05) is 19.6 Å². The second-order valence-corrected chi connectivity index (χ2v) is 5.68. The minimum absolute atomic E-state index is 0.108. The summed E-state index contributed by atoms with van der Waals surface area (Å²) in [7, 11) is 0. The molecule has 1 amide bonds. The molecule has 0 spiro atoms. The minimum Gasteiger partial charge on any atom is -0.353 e. The van der Waals surface area contributed by atoms with Crippen molar-refractivity contribution in [2.75, 3.05) is 32.7 Å². The zero-order valence-corrected chi connectivity index (χ0v) is 11.9. The maximum atomic E-state index is 12.3. The lowest BCUT2D eigenvalue weighted by atomic mass is 9.94. The highest BCUT2D eigenvalue weighted by molar-refractivity contribution is 5.83. The van der Waals surface area contributed by atoms with Crippen molar-refractivity contribution in [1.29, 1.82) is 0 Å². The summed E-state index contributed by atoms with van der Waals surface area (Å²) in [6.07, 6.45) is 3.60. The van der Waals surface area contributed by atoms with Crippen LogP contribution in [0.4, 0.5) is 0 Å². The van der Waals surface area contributed by atoms with Crippen LogP contribution < -0.4 is 10.6 Å². The molecule has 0 saturated carbocycles. The second kappa shape index (κ2) is 6.37. The normalized spacial score (nSPS) is 22.5. The summed E-state index contributed by atoms with van der Waals surface area (Å²) >= 11 is 0. The summed E-state index contributed by atoms with van der Waals surface area (Å²) in [5.41, 5.74) is 2.43. The van der Waals surface area contributed by atoms with Crippen molar-refractivity contribution >= 4 is 5.91 Å². The van der Waals surface area contributed by atoms with Crippen molar-refractivity contribution in [2.24, 2.45) is 0 Å². The van der Waals surface area contributed by atoms with Gasteiger partial charge >= 0.3 is 0 Å². The van der Waals surface area contributed by atoms with Gasteiger partial charge in [-0.2, -0.15) is 0 Å². The van der Waals surface area contributed by atoms with Crippen LogP contribution in [0.2, 0.25) is 0 Å². The number of nitrogens with zero attached hydrogens (tertiary/aromatic N) is 1. The fourth-order valence-electron chi connectivity index (χ4n) is 3.18. The van der Waals surface area contributed by atoms with Crippen molar-refractivity contribution < 1.29 is 4.79 Å². The van der Waals surface area contributed by atoms with E-state index in [-0.39, 0.29) is 11.9 Å². The third kappa shape index (κ3) is 3.02. The molecule has 0 radical (unpaired) electrons. The Hall–Kier alpha value is -1.39. The molecule has 1 aromatic rings. The van der Waals surface area contributed by atoms with Crippen LogP contribution in [0.1, 0.15) is 30.0 Å². The summed E-state index contributed by atoms with van der Waals surface area (Å²) in [5, 5.41) is 6.40. The maximum Gasteiger partial charge on any atom is 0.241 e. The van der Waals surface area contributed by atoms with Crippen molar-refractivity contribution in [2.45, 2.75) is 25.3 Å². The van der Waals surface area contributed by atoms with E-state index >= 15 is 0 Å². The van der Waals surface area contributed by atoms with E-state index in [2.05, 4.69) is 27.7 Å². The highest BCUT2D eigenvalue weighted by Gasteiger charge is 2.25. The number of benzene rings is 1. The molecule has 1 aromatic carbocycles. The Bertz CT molecular complexity index is 469. The summed E-state index contributed by atoms with van der Waals surface area (Å²) in [4.78, 5) is 14.8. The lowest BCUT2D eigenvalue weighted by molar-refractivity contribution is -0.123. The maximum absolute atomic E-state index is 12.3. The Morgan fingerprint density at radius 3 is 2.95 bits per heavy atom. The van der Waals surface area contributed by atoms with E-state index in [1.165, 1.54) is 31.5 Å². The summed E-state index contributed by atoms with van der Waals surface area (Å²) in [6.45, 7) is 4.96. The van der Waals surface area contributed by atoms with E-state index in [1.54, 1.807) is 0 Å². The highest BCUT2D eigenvalue weighted by atomic mass is 16.2. The predicted molar refractivity (Wildman–Crippen MR) is 79.6 cm³/mol. The van der Waals surface area contributed by atoms with Crippen LogP contribution in [0, 0.1) is 0 Å². The van der Waals surface area contributed by atoms with Gasteiger partial charge in [-0.3, -0.25) is 4.79 Å². The first kappa shape index (κ1) is 13.6. The predicted octanol–water partition coefficient (Wildman–Crippen LogP) is 1.09. The van der Waals surface area contributed by atoms with Gasteiger partial charge in [0.1, 0.15) is 6.04 Å². The number of rotatable bonds is 4. The highest BCUT2D eigenvalue weighted by Crippen LogP contribution is 2.22. The van der Waals surface area contributed by atoms with Crippen molar-refractivity contribution in [3.05, 3.63) is 35.4 Å². The molecule has 3 rings (SSSR count). The van der Waals surface area contributed by atoms with Crippen LogP contribution in [0.25, 0.3) is 0 Å². The quantitative estimate of drug-likeness (QED) is 0.863. The number of carbonyl (C=O) groups excluding carboxylic acids is 1. The number of nitrogens with one attached hydrogen (secondary N) is 2. The molecule has 2 aliphatic heterocycles. The molecule has 20 heavy (non-hydrogen) atoms. The molecule has 1 unspecified atom stereocenters. The molecule has 2 heterocycles. The first-order valence-corrected chi connectivity index (χ1v) is 7.66. The lowest BCUT2D eigenvalue weighted by Crippen LogP contribution is -2.43. The van der Waals surface area contributed by atoms with E-state index in [1.807, 2.05) is 12.1 Å². The van der Waals surface area contributed by atoms with Gasteiger partial charge in [-0.05, 0) is 43.5 Å². The standard InChI is InChI=1S/C16H23N3O/c20-16(18-9-12-19-10-3-4-11-19)15-14-6-2-1-5-13(14)7-8-17-15/h1-2,5-6,15,17H,3-4,7-12H2,(H,18,20). The Labute approximate surface area is 120 Å². The molecule has 2 aliphatic rings. The van der Waals surface area contributed by atoms with Gasteiger partial charge in [-0.1, -0.05) is 24.3 Å².